The number of aliphatic imine (C=N–C) groups is 1. The van der Waals surface area contributed by atoms with Gasteiger partial charge < -0.3 is 10.5 Å². The fourth-order valence-corrected chi connectivity index (χ4v) is 1.57. The van der Waals surface area contributed by atoms with Gasteiger partial charge in [-0.25, -0.2) is 4.99 Å². The lowest BCUT2D eigenvalue weighted by Crippen LogP contribution is -2.27. The van der Waals surface area contributed by atoms with E-state index >= 15 is 0 Å². The molecule has 1 amide bonds. The van der Waals surface area contributed by atoms with Gasteiger partial charge in [-0.3, -0.25) is 4.79 Å². The van der Waals surface area contributed by atoms with Crippen LogP contribution in [-0.4, -0.2) is 18.7 Å². The molecular weight excluding hydrogens is 180 g/mol. The van der Waals surface area contributed by atoms with Crippen molar-refractivity contribution in [3.8, 4) is 0 Å². The largest absolute Gasteiger partial charge is 0.370 e. The molecule has 0 aliphatic carbocycles. The van der Waals surface area contributed by atoms with Crippen LogP contribution >= 0.6 is 0 Å². The second kappa shape index (κ2) is 3.23. The van der Waals surface area contributed by atoms with Crippen molar-refractivity contribution in [2.24, 2.45) is 10.7 Å². The van der Waals surface area contributed by atoms with Gasteiger partial charge in [0.2, 0.25) is 0 Å². The zero-order valence-corrected chi connectivity index (χ0v) is 7.73. The van der Waals surface area contributed by atoms with E-state index in [9.17, 15) is 4.79 Å². The molecule has 0 spiro atoms. The van der Waals surface area contributed by atoms with Crippen LogP contribution in [0.25, 0.3) is 0 Å². The highest BCUT2D eigenvalue weighted by Gasteiger charge is 2.29. The van der Waals surface area contributed by atoms with E-state index in [4.69, 9.17) is 10.5 Å². The molecule has 2 rings (SSSR count). The molecule has 0 saturated carbocycles. The first-order valence-corrected chi connectivity index (χ1v) is 4.24. The minimum Gasteiger partial charge on any atom is -0.370 e. The lowest BCUT2D eigenvalue weighted by molar-refractivity contribution is -0.112. The van der Waals surface area contributed by atoms with Crippen molar-refractivity contribution >= 4 is 17.3 Å². The van der Waals surface area contributed by atoms with Crippen LogP contribution in [0.1, 0.15) is 11.7 Å². The summed E-state index contributed by atoms with van der Waals surface area (Å²) in [5, 5.41) is 0. The summed E-state index contributed by atoms with van der Waals surface area (Å²) in [5.41, 5.74) is 7.12. The molecule has 14 heavy (non-hydrogen) atoms. The number of primary amides is 1. The first-order chi connectivity index (χ1) is 6.74. The van der Waals surface area contributed by atoms with Gasteiger partial charge in [-0.1, -0.05) is 18.2 Å². The van der Waals surface area contributed by atoms with Crippen molar-refractivity contribution in [3.63, 3.8) is 0 Å². The normalized spacial score (nSPS) is 18.9. The quantitative estimate of drug-likeness (QED) is 0.754. The molecule has 0 aromatic heterocycles. The lowest BCUT2D eigenvalue weighted by Gasteiger charge is -2.09. The highest BCUT2D eigenvalue weighted by atomic mass is 16.5. The molecule has 4 nitrogen and oxygen atoms in total. The van der Waals surface area contributed by atoms with E-state index in [0.29, 0.717) is 0 Å². The molecular formula is C10H10N2O2. The van der Waals surface area contributed by atoms with E-state index < -0.39 is 12.0 Å². The van der Waals surface area contributed by atoms with E-state index in [2.05, 4.69) is 4.99 Å². The standard InChI is InChI=1S/C10H10N2O2/c1-14-9-6-4-2-3-5-7(6)12-8(9)10(11)13/h2-5,9H,1H3,(H2,11,13). The predicted octanol–water partition coefficient (Wildman–Crippen LogP) is 0.946. The van der Waals surface area contributed by atoms with Gasteiger partial charge in [0, 0.05) is 12.7 Å². The molecule has 0 fully saturated rings. The molecule has 1 aromatic carbocycles. The van der Waals surface area contributed by atoms with E-state index in [-0.39, 0.29) is 5.71 Å². The van der Waals surface area contributed by atoms with Gasteiger partial charge in [-0.05, 0) is 6.07 Å². The Morgan fingerprint density at radius 3 is 2.86 bits per heavy atom. The number of carbonyl (C=O) groups excluding carboxylic acids is 1. The Bertz CT molecular complexity index is 412. The number of amides is 1. The van der Waals surface area contributed by atoms with Crippen molar-refractivity contribution in [1.29, 1.82) is 0 Å². The maximum absolute atomic E-state index is 11.1. The smallest absolute Gasteiger partial charge is 0.266 e. The summed E-state index contributed by atoms with van der Waals surface area (Å²) < 4.78 is 5.18. The first-order valence-electron chi connectivity index (χ1n) is 4.24. The second-order valence-electron chi connectivity index (χ2n) is 3.04. The summed E-state index contributed by atoms with van der Waals surface area (Å²) in [5.74, 6) is -0.534. The molecule has 0 radical (unpaired) electrons. The van der Waals surface area contributed by atoms with E-state index in [1.54, 1.807) is 0 Å². The van der Waals surface area contributed by atoms with Crippen LogP contribution < -0.4 is 5.73 Å². The van der Waals surface area contributed by atoms with Gasteiger partial charge in [0.05, 0.1) is 5.69 Å². The molecule has 1 heterocycles. The number of ether oxygens (including phenoxy) is 1. The van der Waals surface area contributed by atoms with Crippen molar-refractivity contribution in [3.05, 3.63) is 29.8 Å². The number of methoxy groups -OCH3 is 1. The average molecular weight is 190 g/mol. The van der Waals surface area contributed by atoms with Gasteiger partial charge in [0.15, 0.2) is 0 Å². The molecule has 2 N–H and O–H groups in total. The zero-order valence-electron chi connectivity index (χ0n) is 7.73. The van der Waals surface area contributed by atoms with Gasteiger partial charge >= 0.3 is 0 Å². The minimum absolute atomic E-state index is 0.272. The molecule has 0 saturated heterocycles. The number of nitrogens with two attached hydrogens (primary N) is 1. The van der Waals surface area contributed by atoms with Crippen LogP contribution in [0.5, 0.6) is 0 Å². The minimum atomic E-state index is -0.534. The molecule has 1 aromatic rings. The van der Waals surface area contributed by atoms with Crippen LogP contribution in [0.4, 0.5) is 5.69 Å². The number of carbonyl (C=O) groups is 1. The van der Waals surface area contributed by atoms with Gasteiger partial charge in [-0.15, -0.1) is 0 Å². The van der Waals surface area contributed by atoms with E-state index in [1.165, 1.54) is 7.11 Å². The van der Waals surface area contributed by atoms with Crippen LogP contribution in [0, 0.1) is 0 Å². The van der Waals surface area contributed by atoms with Crippen molar-refractivity contribution < 1.29 is 9.53 Å². The van der Waals surface area contributed by atoms with Crippen LogP contribution in [0.3, 0.4) is 0 Å². The molecule has 1 aliphatic rings. The summed E-state index contributed by atoms with van der Waals surface area (Å²) in [4.78, 5) is 15.2. The summed E-state index contributed by atoms with van der Waals surface area (Å²) in [6.07, 6.45) is -0.413. The molecule has 1 atom stereocenters. The summed E-state index contributed by atoms with van der Waals surface area (Å²) in [6.45, 7) is 0. The molecule has 72 valence electrons. The number of para-hydroxylation sites is 1. The third-order valence-electron chi connectivity index (χ3n) is 2.20. The first kappa shape index (κ1) is 8.90. The fourth-order valence-electron chi connectivity index (χ4n) is 1.57. The monoisotopic (exact) mass is 190 g/mol. The number of hydrogen-bond donors (Lipinski definition) is 1. The highest BCUT2D eigenvalue weighted by molar-refractivity contribution is 6.41. The number of rotatable bonds is 2. The highest BCUT2D eigenvalue weighted by Crippen LogP contribution is 2.35. The average Bonchev–Trinajstić information content (AvgIpc) is 2.56. The van der Waals surface area contributed by atoms with Gasteiger partial charge in [0.1, 0.15) is 11.8 Å². The lowest BCUT2D eigenvalue weighted by atomic mass is 10.1. The van der Waals surface area contributed by atoms with Crippen molar-refractivity contribution in [1.82, 2.24) is 0 Å². The summed E-state index contributed by atoms with van der Waals surface area (Å²) in [6, 6.07) is 7.45. The van der Waals surface area contributed by atoms with Gasteiger partial charge in [0.25, 0.3) is 5.91 Å². The Labute approximate surface area is 81.4 Å². The molecule has 1 aliphatic heterocycles. The Hall–Kier alpha value is -1.68. The van der Waals surface area contributed by atoms with Crippen LogP contribution in [0.2, 0.25) is 0 Å². The van der Waals surface area contributed by atoms with Crippen LogP contribution in [0.15, 0.2) is 29.3 Å². The second-order valence-corrected chi connectivity index (χ2v) is 3.04. The fraction of sp³-hybridized carbons (Fsp3) is 0.200. The predicted molar refractivity (Wildman–Crippen MR) is 52.5 cm³/mol. The number of benzene rings is 1. The summed E-state index contributed by atoms with van der Waals surface area (Å²) in [7, 11) is 1.53. The Balaban J connectivity index is 2.49. The summed E-state index contributed by atoms with van der Waals surface area (Å²) >= 11 is 0. The number of nitrogens with zero attached hydrogens (tertiary/aromatic N) is 1. The number of fused-ring (bicyclic) bond motifs is 1. The SMILES string of the molecule is COC1C(C(N)=O)=Nc2ccccc21. The molecule has 1 unspecified atom stereocenters. The van der Waals surface area contributed by atoms with Crippen molar-refractivity contribution in [2.45, 2.75) is 6.10 Å². The van der Waals surface area contributed by atoms with E-state index in [0.717, 1.165) is 11.3 Å². The zero-order chi connectivity index (χ0) is 10.1. The topological polar surface area (TPSA) is 64.7 Å². The maximum Gasteiger partial charge on any atom is 0.266 e. The third-order valence-corrected chi connectivity index (χ3v) is 2.20. The number of hydrogen-bond acceptors (Lipinski definition) is 3. The van der Waals surface area contributed by atoms with Crippen LogP contribution in [-0.2, 0) is 9.53 Å². The Kier molecular flexibility index (Phi) is 2.05. The van der Waals surface area contributed by atoms with Crippen molar-refractivity contribution in [2.75, 3.05) is 7.11 Å². The third kappa shape index (κ3) is 1.20. The molecule has 0 bridgehead atoms. The van der Waals surface area contributed by atoms with E-state index in [1.807, 2.05) is 24.3 Å². The Morgan fingerprint density at radius 1 is 1.50 bits per heavy atom. The van der Waals surface area contributed by atoms with Gasteiger partial charge in [-0.2, -0.15) is 0 Å². The maximum atomic E-state index is 11.1. The Morgan fingerprint density at radius 2 is 2.21 bits per heavy atom. The molecule has 4 heteroatoms.